The number of benzene rings is 1. The van der Waals surface area contributed by atoms with Crippen molar-refractivity contribution >= 4 is 5.91 Å². The zero-order valence-electron chi connectivity index (χ0n) is 16.0. The molecule has 4 rings (SSSR count). The molecule has 1 amide bonds. The van der Waals surface area contributed by atoms with E-state index in [1.807, 2.05) is 42.5 Å². The maximum Gasteiger partial charge on any atom is 0.239 e. The first kappa shape index (κ1) is 19.2. The number of ether oxygens (including phenoxy) is 1. The van der Waals surface area contributed by atoms with Crippen molar-refractivity contribution in [1.82, 2.24) is 35.6 Å². The van der Waals surface area contributed by atoms with Gasteiger partial charge in [-0.05, 0) is 29.8 Å². The third-order valence-corrected chi connectivity index (χ3v) is 4.19. The molecule has 1 aromatic carbocycles. The third kappa shape index (κ3) is 5.25. The van der Waals surface area contributed by atoms with E-state index in [0.29, 0.717) is 37.1 Å². The molecule has 0 atom stereocenters. The number of pyridine rings is 1. The molecule has 152 valence electrons. The minimum atomic E-state index is -0.107. The van der Waals surface area contributed by atoms with Gasteiger partial charge >= 0.3 is 0 Å². The Kier molecular flexibility index (Phi) is 6.04. The summed E-state index contributed by atoms with van der Waals surface area (Å²) in [5.74, 6) is 1.74. The number of hydrogen-bond donors (Lipinski definition) is 2. The Morgan fingerprint density at radius 1 is 1.13 bits per heavy atom. The molecule has 0 radical (unpaired) electrons. The van der Waals surface area contributed by atoms with Crippen LogP contribution in [-0.2, 0) is 24.4 Å². The summed E-state index contributed by atoms with van der Waals surface area (Å²) in [6.07, 6.45) is 3.67. The van der Waals surface area contributed by atoms with Crippen LogP contribution in [0.5, 0.6) is 5.75 Å². The molecule has 10 heteroatoms. The molecule has 3 heterocycles. The van der Waals surface area contributed by atoms with Gasteiger partial charge in [0.15, 0.2) is 5.82 Å². The zero-order chi connectivity index (χ0) is 20.6. The predicted molar refractivity (Wildman–Crippen MR) is 105 cm³/mol. The minimum absolute atomic E-state index is 0.107. The molecule has 0 aliphatic rings. The van der Waals surface area contributed by atoms with Crippen LogP contribution in [0.25, 0.3) is 11.6 Å². The molecule has 0 spiro atoms. The van der Waals surface area contributed by atoms with E-state index in [4.69, 9.17) is 9.26 Å². The molecule has 0 aliphatic carbocycles. The molecule has 0 saturated carbocycles. The van der Waals surface area contributed by atoms with Crippen molar-refractivity contribution in [3.8, 4) is 17.4 Å². The Morgan fingerprint density at radius 2 is 2.03 bits per heavy atom. The molecule has 0 bridgehead atoms. The Morgan fingerprint density at radius 3 is 2.80 bits per heavy atom. The lowest BCUT2D eigenvalue weighted by Crippen LogP contribution is -2.23. The van der Waals surface area contributed by atoms with E-state index in [-0.39, 0.29) is 12.3 Å². The average Bonchev–Trinajstić information content (AvgIpc) is 3.48. The molecule has 2 N–H and O–H groups in total. The van der Waals surface area contributed by atoms with Crippen LogP contribution in [-0.4, -0.2) is 36.2 Å². The summed E-state index contributed by atoms with van der Waals surface area (Å²) in [5.41, 5.74) is 1.84. The summed E-state index contributed by atoms with van der Waals surface area (Å²) in [5, 5.41) is 13.1. The van der Waals surface area contributed by atoms with Crippen LogP contribution in [0.3, 0.4) is 0 Å². The summed E-state index contributed by atoms with van der Waals surface area (Å²) in [7, 11) is 0. The highest BCUT2D eigenvalue weighted by Gasteiger charge is 2.12. The number of aryl methyl sites for hydroxylation is 1. The summed E-state index contributed by atoms with van der Waals surface area (Å²) in [4.78, 5) is 24.4. The van der Waals surface area contributed by atoms with Gasteiger partial charge < -0.3 is 14.6 Å². The van der Waals surface area contributed by atoms with E-state index in [0.717, 1.165) is 17.0 Å². The Balaban J connectivity index is 1.19. The van der Waals surface area contributed by atoms with Crippen molar-refractivity contribution in [1.29, 1.82) is 0 Å². The first-order valence-electron chi connectivity index (χ1n) is 9.33. The number of rotatable bonds is 9. The minimum Gasteiger partial charge on any atom is -0.487 e. The van der Waals surface area contributed by atoms with Crippen LogP contribution >= 0.6 is 0 Å². The lowest BCUT2D eigenvalue weighted by molar-refractivity contribution is -0.121. The fourth-order valence-corrected chi connectivity index (χ4v) is 2.62. The van der Waals surface area contributed by atoms with Crippen LogP contribution in [0.4, 0.5) is 0 Å². The largest absolute Gasteiger partial charge is 0.487 e. The zero-order valence-corrected chi connectivity index (χ0v) is 16.0. The van der Waals surface area contributed by atoms with E-state index < -0.39 is 0 Å². The maximum atomic E-state index is 12.1. The summed E-state index contributed by atoms with van der Waals surface area (Å²) in [6, 6.07) is 13.3. The van der Waals surface area contributed by atoms with Crippen molar-refractivity contribution in [2.24, 2.45) is 0 Å². The topological polar surface area (TPSA) is 132 Å². The molecule has 30 heavy (non-hydrogen) atoms. The summed E-state index contributed by atoms with van der Waals surface area (Å²) >= 11 is 0. The highest BCUT2D eigenvalue weighted by Crippen LogP contribution is 2.14. The first-order chi connectivity index (χ1) is 14.8. The number of carbonyl (C=O) groups is 1. The molecule has 0 saturated heterocycles. The highest BCUT2D eigenvalue weighted by molar-refractivity contribution is 5.76. The molecular formula is C20H19N7O3. The molecular weight excluding hydrogens is 386 g/mol. The van der Waals surface area contributed by atoms with Crippen molar-refractivity contribution in [2.75, 3.05) is 0 Å². The van der Waals surface area contributed by atoms with Crippen molar-refractivity contribution < 1.29 is 14.1 Å². The van der Waals surface area contributed by atoms with Crippen molar-refractivity contribution in [3.05, 3.63) is 72.1 Å². The van der Waals surface area contributed by atoms with Gasteiger partial charge in [0.25, 0.3) is 0 Å². The molecule has 0 aliphatic heterocycles. The highest BCUT2D eigenvalue weighted by atomic mass is 16.5. The molecule has 0 fully saturated rings. The SMILES string of the molecule is O=C(CCc1nc(-c2ncn[nH]2)no1)NCc1ccc(OCc2ccccn2)cc1. The van der Waals surface area contributed by atoms with Gasteiger partial charge in [0.05, 0.1) is 5.69 Å². The Labute approximate surface area is 171 Å². The van der Waals surface area contributed by atoms with Gasteiger partial charge in [-0.3, -0.25) is 14.9 Å². The van der Waals surface area contributed by atoms with Gasteiger partial charge in [0, 0.05) is 25.6 Å². The van der Waals surface area contributed by atoms with Crippen LogP contribution in [0.2, 0.25) is 0 Å². The molecule has 4 aromatic rings. The van der Waals surface area contributed by atoms with Gasteiger partial charge in [-0.2, -0.15) is 10.1 Å². The second-order valence-corrected chi connectivity index (χ2v) is 6.38. The number of H-pyrrole nitrogens is 1. The van der Waals surface area contributed by atoms with Gasteiger partial charge in [0.2, 0.25) is 17.6 Å². The second kappa shape index (κ2) is 9.41. The maximum absolute atomic E-state index is 12.1. The van der Waals surface area contributed by atoms with Crippen LogP contribution < -0.4 is 10.1 Å². The van der Waals surface area contributed by atoms with Crippen LogP contribution in [0, 0.1) is 0 Å². The van der Waals surface area contributed by atoms with E-state index in [1.165, 1.54) is 6.33 Å². The number of carbonyl (C=O) groups excluding carboxylic acids is 1. The number of amides is 1. The summed E-state index contributed by atoms with van der Waals surface area (Å²) < 4.78 is 10.8. The average molecular weight is 405 g/mol. The van der Waals surface area contributed by atoms with Crippen molar-refractivity contribution in [3.63, 3.8) is 0 Å². The quantitative estimate of drug-likeness (QED) is 0.433. The monoisotopic (exact) mass is 405 g/mol. The number of hydrogen-bond acceptors (Lipinski definition) is 8. The molecule has 0 unspecified atom stereocenters. The number of nitrogens with zero attached hydrogens (tertiary/aromatic N) is 5. The first-order valence-corrected chi connectivity index (χ1v) is 9.33. The predicted octanol–water partition coefficient (Wildman–Crippen LogP) is 2.08. The van der Waals surface area contributed by atoms with Gasteiger partial charge in [-0.25, -0.2) is 4.98 Å². The Hall–Kier alpha value is -4.08. The lowest BCUT2D eigenvalue weighted by atomic mass is 10.2. The van der Waals surface area contributed by atoms with Gasteiger partial charge in [0.1, 0.15) is 18.7 Å². The van der Waals surface area contributed by atoms with Crippen LogP contribution in [0.1, 0.15) is 23.6 Å². The van der Waals surface area contributed by atoms with E-state index >= 15 is 0 Å². The number of nitrogens with one attached hydrogen (secondary N) is 2. The number of aromatic nitrogens is 6. The number of aromatic amines is 1. The van der Waals surface area contributed by atoms with Crippen LogP contribution in [0.15, 0.2) is 59.5 Å². The van der Waals surface area contributed by atoms with Gasteiger partial charge in [-0.15, -0.1) is 0 Å². The fourth-order valence-electron chi connectivity index (χ4n) is 2.62. The second-order valence-electron chi connectivity index (χ2n) is 6.38. The van der Waals surface area contributed by atoms with Gasteiger partial charge in [-0.1, -0.05) is 23.4 Å². The summed E-state index contributed by atoms with van der Waals surface area (Å²) in [6.45, 7) is 0.831. The standard InChI is InChI=1S/C20H19N7O3/c28-17(8-9-18-25-20(27-30-18)19-23-13-24-26-19)22-11-14-4-6-16(7-5-14)29-12-15-3-1-2-10-21-15/h1-7,10,13H,8-9,11-12H2,(H,22,28)(H,23,24,26). The van der Waals surface area contributed by atoms with Crippen molar-refractivity contribution in [2.45, 2.75) is 26.0 Å². The smallest absolute Gasteiger partial charge is 0.239 e. The fraction of sp³-hybridized carbons (Fsp3) is 0.200. The third-order valence-electron chi connectivity index (χ3n) is 4.19. The molecule has 3 aromatic heterocycles. The molecule has 10 nitrogen and oxygen atoms in total. The normalized spacial score (nSPS) is 10.7. The van der Waals surface area contributed by atoms with E-state index in [9.17, 15) is 4.79 Å². The van der Waals surface area contributed by atoms with E-state index in [2.05, 4.69) is 35.6 Å². The Bertz CT molecular complexity index is 1060. The van der Waals surface area contributed by atoms with E-state index in [1.54, 1.807) is 6.20 Å². The lowest BCUT2D eigenvalue weighted by Gasteiger charge is -2.08.